The SMILES string of the molecule is CN(C)c1ccc(-[n+]2cc3cc(N(C)C)ccc3oc2=O)cc1. The van der Waals surface area contributed by atoms with E-state index >= 15 is 0 Å². The fourth-order valence-electron chi connectivity index (χ4n) is 2.43. The first kappa shape index (κ1) is 15.1. The molecule has 2 aromatic carbocycles. The summed E-state index contributed by atoms with van der Waals surface area (Å²) in [7, 11) is 7.92. The second kappa shape index (κ2) is 5.76. The quantitative estimate of drug-likeness (QED) is 0.696. The van der Waals surface area contributed by atoms with Gasteiger partial charge in [-0.1, -0.05) is 4.57 Å². The van der Waals surface area contributed by atoms with E-state index in [0.717, 1.165) is 22.4 Å². The van der Waals surface area contributed by atoms with Crippen molar-refractivity contribution in [3.63, 3.8) is 0 Å². The summed E-state index contributed by atoms with van der Waals surface area (Å²) in [6.07, 6.45) is 1.82. The standard InChI is InChI=1S/C18H20N3O2/c1-19(2)14-5-7-15(8-6-14)21-12-13-11-16(20(3)4)9-10-17(13)23-18(21)22/h5-12H,1-4H3/q+1. The molecule has 0 saturated carbocycles. The number of benzene rings is 2. The Labute approximate surface area is 135 Å². The van der Waals surface area contributed by atoms with E-state index in [2.05, 4.69) is 0 Å². The first-order valence-electron chi connectivity index (χ1n) is 7.40. The number of anilines is 2. The summed E-state index contributed by atoms with van der Waals surface area (Å²) in [5.41, 5.74) is 3.50. The Kier molecular flexibility index (Phi) is 3.78. The van der Waals surface area contributed by atoms with Crippen LogP contribution in [0.5, 0.6) is 0 Å². The molecule has 0 atom stereocenters. The molecule has 5 heteroatoms. The molecule has 0 fully saturated rings. The van der Waals surface area contributed by atoms with Gasteiger partial charge in [0.15, 0.2) is 11.8 Å². The van der Waals surface area contributed by atoms with E-state index in [0.29, 0.717) is 5.58 Å². The zero-order valence-electron chi connectivity index (χ0n) is 13.8. The van der Waals surface area contributed by atoms with E-state index in [1.807, 2.05) is 86.7 Å². The first-order valence-corrected chi connectivity index (χ1v) is 7.40. The number of rotatable bonds is 3. The Morgan fingerprint density at radius 1 is 0.870 bits per heavy atom. The molecule has 118 valence electrons. The lowest BCUT2D eigenvalue weighted by Crippen LogP contribution is -2.46. The highest BCUT2D eigenvalue weighted by molar-refractivity contribution is 5.79. The Balaban J connectivity index is 2.12. The van der Waals surface area contributed by atoms with Gasteiger partial charge in [-0.05, 0) is 30.3 Å². The van der Waals surface area contributed by atoms with E-state index < -0.39 is 5.76 Å². The van der Waals surface area contributed by atoms with Crippen LogP contribution in [0, 0.1) is 0 Å². The van der Waals surface area contributed by atoms with Gasteiger partial charge in [-0.15, -0.1) is 0 Å². The summed E-state index contributed by atoms with van der Waals surface area (Å²) >= 11 is 0. The third-order valence-corrected chi connectivity index (χ3v) is 3.82. The van der Waals surface area contributed by atoms with E-state index in [1.54, 1.807) is 0 Å². The summed E-state index contributed by atoms with van der Waals surface area (Å²) < 4.78 is 6.97. The maximum absolute atomic E-state index is 12.2. The average Bonchev–Trinajstić information content (AvgIpc) is 2.53. The van der Waals surface area contributed by atoms with E-state index in [1.165, 1.54) is 4.57 Å². The van der Waals surface area contributed by atoms with Gasteiger partial charge in [0.05, 0.1) is 5.39 Å². The van der Waals surface area contributed by atoms with Gasteiger partial charge in [-0.3, -0.25) is 0 Å². The second-order valence-electron chi connectivity index (χ2n) is 5.89. The molecule has 1 aromatic heterocycles. The minimum atomic E-state index is -0.396. The van der Waals surface area contributed by atoms with Crippen molar-refractivity contribution in [2.75, 3.05) is 38.0 Å². The van der Waals surface area contributed by atoms with Crippen LogP contribution in [-0.4, -0.2) is 28.2 Å². The lowest BCUT2D eigenvalue weighted by molar-refractivity contribution is -0.623. The molecule has 3 rings (SSSR count). The molecular formula is C18H20N3O2+. The van der Waals surface area contributed by atoms with Crippen molar-refractivity contribution in [2.24, 2.45) is 0 Å². The van der Waals surface area contributed by atoms with E-state index in [-0.39, 0.29) is 0 Å². The molecule has 0 aliphatic carbocycles. The largest absolute Gasteiger partial charge is 0.608 e. The molecule has 0 saturated heterocycles. The van der Waals surface area contributed by atoms with E-state index in [9.17, 15) is 4.79 Å². The summed E-state index contributed by atoms with van der Waals surface area (Å²) in [5, 5.41) is 0.882. The van der Waals surface area contributed by atoms with Gasteiger partial charge in [0.2, 0.25) is 5.69 Å². The fourth-order valence-corrected chi connectivity index (χ4v) is 2.43. The molecular weight excluding hydrogens is 290 g/mol. The van der Waals surface area contributed by atoms with Gasteiger partial charge in [0.1, 0.15) is 0 Å². The van der Waals surface area contributed by atoms with Crippen LogP contribution in [0.1, 0.15) is 0 Å². The lowest BCUT2D eigenvalue weighted by Gasteiger charge is -2.12. The normalized spacial score (nSPS) is 10.8. The predicted octanol–water partition coefficient (Wildman–Crippen LogP) is 2.20. The molecule has 0 aliphatic heterocycles. The van der Waals surface area contributed by atoms with Crippen molar-refractivity contribution in [3.8, 4) is 5.69 Å². The van der Waals surface area contributed by atoms with Gasteiger partial charge >= 0.3 is 5.76 Å². The molecule has 0 spiro atoms. The molecule has 23 heavy (non-hydrogen) atoms. The predicted molar refractivity (Wildman–Crippen MR) is 92.7 cm³/mol. The minimum Gasteiger partial charge on any atom is -0.378 e. The van der Waals surface area contributed by atoms with Gasteiger partial charge < -0.3 is 14.2 Å². The zero-order chi connectivity index (χ0) is 16.6. The van der Waals surface area contributed by atoms with Crippen LogP contribution in [0.4, 0.5) is 11.4 Å². The Morgan fingerprint density at radius 2 is 1.48 bits per heavy atom. The zero-order valence-corrected chi connectivity index (χ0v) is 13.8. The smallest absolute Gasteiger partial charge is 0.378 e. The first-order chi connectivity index (χ1) is 11.0. The molecule has 0 unspecified atom stereocenters. The summed E-state index contributed by atoms with van der Waals surface area (Å²) in [6, 6.07) is 13.5. The van der Waals surface area contributed by atoms with Gasteiger partial charge in [0.25, 0.3) is 0 Å². The maximum atomic E-state index is 12.2. The summed E-state index contributed by atoms with van der Waals surface area (Å²) in [4.78, 5) is 16.3. The van der Waals surface area contributed by atoms with E-state index in [4.69, 9.17) is 4.42 Å². The molecule has 0 aliphatic rings. The average molecular weight is 310 g/mol. The molecule has 0 bridgehead atoms. The van der Waals surface area contributed by atoms with Crippen LogP contribution >= 0.6 is 0 Å². The number of hydrogen-bond donors (Lipinski definition) is 0. The molecule has 0 amide bonds. The monoisotopic (exact) mass is 310 g/mol. The number of fused-ring (bicyclic) bond motifs is 1. The second-order valence-corrected chi connectivity index (χ2v) is 5.89. The summed E-state index contributed by atoms with van der Waals surface area (Å²) in [6.45, 7) is 0. The van der Waals surface area contributed by atoms with Gasteiger partial charge in [-0.25, -0.2) is 0 Å². The van der Waals surface area contributed by atoms with Crippen LogP contribution in [0.3, 0.4) is 0 Å². The van der Waals surface area contributed by atoms with Crippen molar-refractivity contribution in [2.45, 2.75) is 0 Å². The third kappa shape index (κ3) is 2.90. The fraction of sp³-hybridized carbons (Fsp3) is 0.222. The minimum absolute atomic E-state index is 0.396. The number of aromatic nitrogens is 1. The van der Waals surface area contributed by atoms with Crippen molar-refractivity contribution < 1.29 is 8.98 Å². The topological polar surface area (TPSA) is 40.6 Å². The molecule has 0 radical (unpaired) electrons. The van der Waals surface area contributed by atoms with Crippen molar-refractivity contribution in [1.29, 1.82) is 0 Å². The number of nitrogens with zero attached hydrogens (tertiary/aromatic N) is 3. The maximum Gasteiger partial charge on any atom is 0.608 e. The van der Waals surface area contributed by atoms with Crippen LogP contribution in [-0.2, 0) is 0 Å². The van der Waals surface area contributed by atoms with Gasteiger partial charge in [-0.2, -0.15) is 4.79 Å². The summed E-state index contributed by atoms with van der Waals surface area (Å²) in [5.74, 6) is -0.396. The highest BCUT2D eigenvalue weighted by Gasteiger charge is 2.16. The molecule has 5 nitrogen and oxygen atoms in total. The van der Waals surface area contributed by atoms with Crippen LogP contribution < -0.4 is 20.1 Å². The number of hydrogen-bond acceptors (Lipinski definition) is 4. The molecule has 1 heterocycles. The van der Waals surface area contributed by atoms with Crippen molar-refractivity contribution in [3.05, 3.63) is 59.2 Å². The Hall–Kier alpha value is -2.82. The molecule has 3 aromatic rings. The van der Waals surface area contributed by atoms with Crippen LogP contribution in [0.15, 0.2) is 57.9 Å². The highest BCUT2D eigenvalue weighted by Crippen LogP contribution is 2.19. The van der Waals surface area contributed by atoms with Crippen LogP contribution in [0.2, 0.25) is 0 Å². The van der Waals surface area contributed by atoms with Crippen LogP contribution in [0.25, 0.3) is 16.7 Å². The third-order valence-electron chi connectivity index (χ3n) is 3.82. The highest BCUT2D eigenvalue weighted by atomic mass is 16.4. The Morgan fingerprint density at radius 3 is 2.09 bits per heavy atom. The molecule has 0 N–H and O–H groups in total. The van der Waals surface area contributed by atoms with Gasteiger partial charge in [0, 0.05) is 51.7 Å². The Bertz CT molecular complexity index is 896. The van der Waals surface area contributed by atoms with Crippen molar-refractivity contribution >= 4 is 22.3 Å². The van der Waals surface area contributed by atoms with Crippen molar-refractivity contribution in [1.82, 2.24) is 0 Å². The lowest BCUT2D eigenvalue weighted by atomic mass is 10.2.